The zero-order chi connectivity index (χ0) is 45.4. The first-order chi connectivity index (χ1) is 30.8. The molecule has 2 aliphatic heterocycles. The predicted molar refractivity (Wildman–Crippen MR) is 250 cm³/mol. The van der Waals surface area contributed by atoms with Crippen LogP contribution in [-0.2, 0) is 37.9 Å². The van der Waals surface area contributed by atoms with Crippen LogP contribution in [0.1, 0.15) is 107 Å². The van der Waals surface area contributed by atoms with E-state index < -0.39 is 36.5 Å². The number of ether oxygens (including phenoxy) is 1. The fourth-order valence-electron chi connectivity index (χ4n) is 9.02. The number of benzene rings is 2. The van der Waals surface area contributed by atoms with Crippen molar-refractivity contribution in [3.05, 3.63) is 119 Å². The number of pyridine rings is 2. The van der Waals surface area contributed by atoms with E-state index in [1.54, 1.807) is 24.3 Å². The van der Waals surface area contributed by atoms with E-state index >= 15 is 0 Å². The Hall–Kier alpha value is -4.74. The van der Waals surface area contributed by atoms with E-state index in [0.29, 0.717) is 71.7 Å². The molecule has 4 heterocycles. The molecule has 0 amide bonds. The standard InChI is InChI=1S/C24H32N4O3S.C24H31N3O4S/c1-18-4-2-7-22(14-18)28(17-20-9-8-19(16-26-20)24(29)15-25)32(30,31)23-10-12-27(13-11-23)21-5-3-6-21;1-18-5-3-8-22(15-18)27(17-20-10-9-19(16-25-20)24(28)31-2)32(29,30)23-11-13-26(14-12-23)21-6-4-7-21/h2,4,7-9,14,16,21,23H,3,5-6,10-13,15,17,25H2,1H3;3,5,8-10,15-16,21,23H,4,6-7,11-14,17H2,1-2H3. The Morgan fingerprint density at radius 2 is 1.06 bits per heavy atom. The number of piperidine rings is 2. The number of hydrogen-bond acceptors (Lipinski definition) is 12. The van der Waals surface area contributed by atoms with Crippen LogP contribution < -0.4 is 14.3 Å². The Labute approximate surface area is 379 Å². The lowest BCUT2D eigenvalue weighted by atomic mass is 9.90. The van der Waals surface area contributed by atoms with E-state index in [-0.39, 0.29) is 25.4 Å². The van der Waals surface area contributed by atoms with Gasteiger partial charge in [-0.1, -0.05) is 37.1 Å². The summed E-state index contributed by atoms with van der Waals surface area (Å²) in [5.41, 5.74) is 10.7. The van der Waals surface area contributed by atoms with Gasteiger partial charge in [-0.25, -0.2) is 21.6 Å². The summed E-state index contributed by atoms with van der Waals surface area (Å²) in [5, 5.41) is -0.814. The maximum atomic E-state index is 13.8. The van der Waals surface area contributed by atoms with Crippen molar-refractivity contribution in [3.8, 4) is 0 Å². The van der Waals surface area contributed by atoms with Crippen molar-refractivity contribution < 1.29 is 31.2 Å². The highest BCUT2D eigenvalue weighted by Crippen LogP contribution is 2.34. The number of likely N-dealkylation sites (tertiary alicyclic amines) is 2. The normalized spacial score (nSPS) is 18.2. The van der Waals surface area contributed by atoms with Crippen molar-refractivity contribution >= 4 is 43.2 Å². The van der Waals surface area contributed by atoms with Gasteiger partial charge in [0.2, 0.25) is 20.0 Å². The molecule has 4 aromatic rings. The van der Waals surface area contributed by atoms with Gasteiger partial charge in [-0.3, -0.25) is 23.4 Å². The molecule has 4 fully saturated rings. The average molecular weight is 914 g/mol. The summed E-state index contributed by atoms with van der Waals surface area (Å²) < 4.78 is 62.9. The van der Waals surface area contributed by atoms with Crippen molar-refractivity contribution in [2.75, 3.05) is 48.4 Å². The molecule has 2 N–H and O–H groups in total. The summed E-state index contributed by atoms with van der Waals surface area (Å²) in [4.78, 5) is 37.1. The number of anilines is 2. The lowest BCUT2D eigenvalue weighted by Crippen LogP contribution is -2.49. The monoisotopic (exact) mass is 913 g/mol. The second-order valence-corrected chi connectivity index (χ2v) is 21.9. The molecular weight excluding hydrogens is 851 g/mol. The largest absolute Gasteiger partial charge is 0.465 e. The molecule has 2 saturated heterocycles. The Kier molecular flexibility index (Phi) is 15.5. The van der Waals surface area contributed by atoms with Gasteiger partial charge in [-0.2, -0.15) is 0 Å². The third kappa shape index (κ3) is 11.2. The number of nitrogens with two attached hydrogens (primary N) is 1. The third-order valence-corrected chi connectivity index (χ3v) is 17.9. The van der Waals surface area contributed by atoms with E-state index in [9.17, 15) is 26.4 Å². The van der Waals surface area contributed by atoms with Gasteiger partial charge in [0.1, 0.15) is 0 Å². The Morgan fingerprint density at radius 3 is 1.39 bits per heavy atom. The second-order valence-electron chi connectivity index (χ2n) is 17.6. The molecule has 2 saturated carbocycles. The van der Waals surface area contributed by atoms with Crippen LogP contribution in [0.3, 0.4) is 0 Å². The molecule has 344 valence electrons. The van der Waals surface area contributed by atoms with Gasteiger partial charge in [-0.05, 0) is 151 Å². The lowest BCUT2D eigenvalue weighted by Gasteiger charge is -2.42. The molecule has 2 aromatic carbocycles. The number of carbonyl (C=O) groups excluding carboxylic acids is 2. The van der Waals surface area contributed by atoms with Crippen molar-refractivity contribution in [2.24, 2.45) is 5.73 Å². The van der Waals surface area contributed by atoms with Crippen molar-refractivity contribution in [1.29, 1.82) is 0 Å². The summed E-state index contributed by atoms with van der Waals surface area (Å²) >= 11 is 0. The van der Waals surface area contributed by atoms with Gasteiger partial charge < -0.3 is 20.3 Å². The third-order valence-electron chi connectivity index (χ3n) is 13.4. The van der Waals surface area contributed by atoms with Crippen molar-refractivity contribution in [2.45, 2.75) is 114 Å². The second kappa shape index (κ2) is 21.0. The number of sulfonamides is 2. The van der Waals surface area contributed by atoms with E-state index in [1.165, 1.54) is 66.6 Å². The molecule has 2 aliphatic carbocycles. The van der Waals surface area contributed by atoms with Crippen LogP contribution in [-0.4, -0.2) is 111 Å². The SMILES string of the molecule is COC(=O)c1ccc(CN(c2cccc(C)c2)S(=O)(=O)C2CCN(C3CCC3)CC2)nc1.Cc1cccc(N(Cc2ccc(C(=O)CN)cn2)S(=O)(=O)C2CCN(C3CCC3)CC2)c1. The first-order valence-electron chi connectivity index (χ1n) is 22.6. The van der Waals surface area contributed by atoms with E-state index in [0.717, 1.165) is 37.3 Å². The minimum Gasteiger partial charge on any atom is -0.465 e. The van der Waals surface area contributed by atoms with Crippen LogP contribution in [0, 0.1) is 13.8 Å². The summed E-state index contributed by atoms with van der Waals surface area (Å²) in [5.74, 6) is -0.657. The van der Waals surface area contributed by atoms with Gasteiger partial charge in [0.15, 0.2) is 5.78 Å². The number of esters is 1. The minimum atomic E-state index is -3.59. The maximum absolute atomic E-state index is 13.8. The van der Waals surface area contributed by atoms with Crippen LogP contribution >= 0.6 is 0 Å². The van der Waals surface area contributed by atoms with Gasteiger partial charge in [-0.15, -0.1) is 0 Å². The number of hydrogen-bond donors (Lipinski definition) is 1. The number of Topliss-reactive ketones (excluding diaryl/α,β-unsaturated/α-hetero) is 1. The highest BCUT2D eigenvalue weighted by molar-refractivity contribution is 7.93. The van der Waals surface area contributed by atoms with E-state index in [2.05, 4.69) is 19.8 Å². The van der Waals surface area contributed by atoms with Crippen LogP contribution in [0.25, 0.3) is 0 Å². The van der Waals surface area contributed by atoms with Crippen LogP contribution in [0.5, 0.6) is 0 Å². The molecule has 2 aromatic heterocycles. The molecule has 0 bridgehead atoms. The van der Waals surface area contributed by atoms with Crippen molar-refractivity contribution in [3.63, 3.8) is 0 Å². The van der Waals surface area contributed by atoms with Crippen LogP contribution in [0.2, 0.25) is 0 Å². The van der Waals surface area contributed by atoms with Crippen LogP contribution in [0.15, 0.2) is 85.2 Å². The number of aryl methyl sites for hydroxylation is 2. The van der Waals surface area contributed by atoms with E-state index in [1.807, 2.05) is 62.4 Å². The molecule has 16 heteroatoms. The molecule has 14 nitrogen and oxygen atoms in total. The van der Waals surface area contributed by atoms with E-state index in [4.69, 9.17) is 10.5 Å². The number of methoxy groups -OCH3 is 1. The number of nitrogens with zero attached hydrogens (tertiary/aromatic N) is 6. The van der Waals surface area contributed by atoms with Gasteiger partial charge in [0.25, 0.3) is 0 Å². The molecule has 0 atom stereocenters. The zero-order valence-corrected chi connectivity index (χ0v) is 39.0. The quantitative estimate of drug-likeness (QED) is 0.103. The van der Waals surface area contributed by atoms with Crippen LogP contribution in [0.4, 0.5) is 11.4 Å². The molecule has 8 rings (SSSR count). The molecule has 64 heavy (non-hydrogen) atoms. The first kappa shape index (κ1) is 47.2. The summed E-state index contributed by atoms with van der Waals surface area (Å²) in [6.45, 7) is 7.43. The molecule has 4 aliphatic rings. The maximum Gasteiger partial charge on any atom is 0.339 e. The fraction of sp³-hybridized carbons (Fsp3) is 0.500. The molecule has 0 spiro atoms. The number of aromatic nitrogens is 2. The number of rotatable bonds is 15. The Morgan fingerprint density at radius 1 is 0.641 bits per heavy atom. The predicted octanol–water partition coefficient (Wildman–Crippen LogP) is 6.41. The summed E-state index contributed by atoms with van der Waals surface area (Å²) in [7, 11) is -5.85. The first-order valence-corrected chi connectivity index (χ1v) is 25.6. The Bertz CT molecular complexity index is 2260. The van der Waals surface area contributed by atoms with Gasteiger partial charge in [0.05, 0.1) is 65.6 Å². The van der Waals surface area contributed by atoms with Gasteiger partial charge >= 0.3 is 5.97 Å². The highest BCUT2D eigenvalue weighted by Gasteiger charge is 2.39. The molecular formula is C48H63N7O7S2. The Balaban J connectivity index is 0.000000191. The zero-order valence-electron chi connectivity index (χ0n) is 37.3. The summed E-state index contributed by atoms with van der Waals surface area (Å²) in [6.07, 6.45) is 13.0. The highest BCUT2D eigenvalue weighted by atomic mass is 32.2. The molecule has 0 radical (unpaired) electrons. The fourth-order valence-corrected chi connectivity index (χ4v) is 12.8. The average Bonchev–Trinajstić information content (AvgIpc) is 3.26. The summed E-state index contributed by atoms with van der Waals surface area (Å²) in [6, 6.07) is 23.1. The minimum absolute atomic E-state index is 0.0790. The molecule has 0 unspecified atom stereocenters. The number of ketones is 1. The lowest BCUT2D eigenvalue weighted by molar-refractivity contribution is 0.0600. The van der Waals surface area contributed by atoms with Crippen molar-refractivity contribution in [1.82, 2.24) is 19.8 Å². The smallest absolute Gasteiger partial charge is 0.339 e. The topological polar surface area (TPSA) is 176 Å². The number of carbonyl (C=O) groups is 2. The van der Waals surface area contributed by atoms with Gasteiger partial charge in [0, 0.05) is 30.0 Å².